The maximum atomic E-state index is 12.3. The smallest absolute Gasteiger partial charge is 0.317 e. The van der Waals surface area contributed by atoms with Crippen molar-refractivity contribution in [1.82, 2.24) is 15.3 Å². The summed E-state index contributed by atoms with van der Waals surface area (Å²) < 4.78 is 11.4. The van der Waals surface area contributed by atoms with E-state index in [-0.39, 0.29) is 18.1 Å². The van der Waals surface area contributed by atoms with E-state index in [2.05, 4.69) is 15.3 Å². The van der Waals surface area contributed by atoms with Gasteiger partial charge in [0.2, 0.25) is 5.91 Å². The molecule has 1 aromatic carbocycles. The minimum Gasteiger partial charge on any atom is -0.494 e. The standard InChI is InChI=1S/C22H29N3O3/c1-4-27-19-9-5-17(6-10-19)14-21(26)25-18-7-11-20(12-8-18)28-22-23-15(2)13-16(3)24-22/h5-6,9-10,13,18,20H,4,7-8,11-12,14H2,1-3H3,(H,25,26). The van der Waals surface area contributed by atoms with Crippen molar-refractivity contribution in [3.8, 4) is 11.8 Å². The summed E-state index contributed by atoms with van der Waals surface area (Å²) in [5, 5.41) is 3.15. The molecule has 6 heteroatoms. The molecule has 1 aromatic heterocycles. The number of benzene rings is 1. The number of hydrogen-bond acceptors (Lipinski definition) is 5. The number of nitrogens with zero attached hydrogens (tertiary/aromatic N) is 2. The van der Waals surface area contributed by atoms with Crippen LogP contribution in [0.15, 0.2) is 30.3 Å². The van der Waals surface area contributed by atoms with Gasteiger partial charge in [0.15, 0.2) is 0 Å². The zero-order valence-electron chi connectivity index (χ0n) is 16.9. The fourth-order valence-electron chi connectivity index (χ4n) is 3.55. The molecule has 0 radical (unpaired) electrons. The van der Waals surface area contributed by atoms with Crippen LogP contribution in [0.3, 0.4) is 0 Å². The molecule has 1 aliphatic rings. The first-order chi connectivity index (χ1) is 13.5. The highest BCUT2D eigenvalue weighted by atomic mass is 16.5. The Hall–Kier alpha value is -2.63. The van der Waals surface area contributed by atoms with E-state index in [9.17, 15) is 4.79 Å². The van der Waals surface area contributed by atoms with Gasteiger partial charge in [0.1, 0.15) is 11.9 Å². The lowest BCUT2D eigenvalue weighted by Crippen LogP contribution is -2.40. The summed E-state index contributed by atoms with van der Waals surface area (Å²) >= 11 is 0. The molecule has 0 saturated heterocycles. The summed E-state index contributed by atoms with van der Waals surface area (Å²) in [6.07, 6.45) is 4.10. The fraction of sp³-hybridized carbons (Fsp3) is 0.500. The van der Waals surface area contributed by atoms with Gasteiger partial charge < -0.3 is 14.8 Å². The Balaban J connectivity index is 1.42. The van der Waals surface area contributed by atoms with E-state index in [0.29, 0.717) is 19.0 Å². The van der Waals surface area contributed by atoms with E-state index >= 15 is 0 Å². The Kier molecular flexibility index (Phi) is 6.85. The molecule has 0 spiro atoms. The number of carbonyl (C=O) groups excluding carboxylic acids is 1. The molecular weight excluding hydrogens is 354 g/mol. The molecule has 0 atom stereocenters. The van der Waals surface area contributed by atoms with Gasteiger partial charge in [0.25, 0.3) is 0 Å². The third-order valence-corrected chi connectivity index (χ3v) is 4.87. The van der Waals surface area contributed by atoms with Gasteiger partial charge in [-0.2, -0.15) is 0 Å². The highest BCUT2D eigenvalue weighted by molar-refractivity contribution is 5.78. The lowest BCUT2D eigenvalue weighted by atomic mass is 9.93. The van der Waals surface area contributed by atoms with Crippen molar-refractivity contribution in [2.45, 2.75) is 65.0 Å². The molecule has 0 aliphatic heterocycles. The number of carbonyl (C=O) groups is 1. The Morgan fingerprint density at radius 1 is 1.07 bits per heavy atom. The largest absolute Gasteiger partial charge is 0.494 e. The van der Waals surface area contributed by atoms with Gasteiger partial charge in [0.05, 0.1) is 13.0 Å². The van der Waals surface area contributed by atoms with E-state index in [1.54, 1.807) is 0 Å². The first-order valence-corrected chi connectivity index (χ1v) is 10.0. The summed E-state index contributed by atoms with van der Waals surface area (Å²) in [4.78, 5) is 21.0. The van der Waals surface area contributed by atoms with Crippen LogP contribution in [0.25, 0.3) is 0 Å². The Morgan fingerprint density at radius 2 is 1.71 bits per heavy atom. The van der Waals surface area contributed by atoms with Gasteiger partial charge >= 0.3 is 6.01 Å². The lowest BCUT2D eigenvalue weighted by Gasteiger charge is -2.29. The summed E-state index contributed by atoms with van der Waals surface area (Å²) in [5.41, 5.74) is 2.82. The quantitative estimate of drug-likeness (QED) is 0.792. The molecule has 1 aliphatic carbocycles. The van der Waals surface area contributed by atoms with Gasteiger partial charge in [-0.05, 0) is 70.2 Å². The van der Waals surface area contributed by atoms with Crippen molar-refractivity contribution in [3.05, 3.63) is 47.3 Å². The second-order valence-electron chi connectivity index (χ2n) is 7.35. The van der Waals surface area contributed by atoms with Gasteiger partial charge in [-0.15, -0.1) is 0 Å². The minimum atomic E-state index is 0.0613. The topological polar surface area (TPSA) is 73.3 Å². The van der Waals surface area contributed by atoms with Crippen LogP contribution < -0.4 is 14.8 Å². The number of aryl methyl sites for hydroxylation is 2. The Bertz CT molecular complexity index is 764. The third-order valence-electron chi connectivity index (χ3n) is 4.87. The summed E-state index contributed by atoms with van der Waals surface area (Å²) in [5.74, 6) is 0.893. The molecule has 1 heterocycles. The molecule has 2 aromatic rings. The van der Waals surface area contributed by atoms with Gasteiger partial charge in [-0.1, -0.05) is 12.1 Å². The molecule has 1 saturated carbocycles. The second-order valence-corrected chi connectivity index (χ2v) is 7.35. The maximum Gasteiger partial charge on any atom is 0.317 e. The Labute approximate surface area is 166 Å². The van der Waals surface area contributed by atoms with Gasteiger partial charge in [0, 0.05) is 17.4 Å². The monoisotopic (exact) mass is 383 g/mol. The highest BCUT2D eigenvalue weighted by Crippen LogP contribution is 2.23. The van der Waals surface area contributed by atoms with Crippen LogP contribution in [0.5, 0.6) is 11.8 Å². The zero-order valence-corrected chi connectivity index (χ0v) is 16.9. The van der Waals surface area contributed by atoms with Gasteiger partial charge in [-0.3, -0.25) is 4.79 Å². The van der Waals surface area contributed by atoms with Crippen molar-refractivity contribution in [1.29, 1.82) is 0 Å². The second kappa shape index (κ2) is 9.53. The molecule has 1 N–H and O–H groups in total. The van der Waals surface area contributed by atoms with Crippen LogP contribution in [0.1, 0.15) is 49.6 Å². The molecule has 3 rings (SSSR count). The van der Waals surface area contributed by atoms with E-state index in [1.807, 2.05) is 51.1 Å². The van der Waals surface area contributed by atoms with Crippen LogP contribution in [0.4, 0.5) is 0 Å². The van der Waals surface area contributed by atoms with Crippen LogP contribution in [-0.4, -0.2) is 34.6 Å². The molecule has 6 nitrogen and oxygen atoms in total. The molecular formula is C22H29N3O3. The predicted molar refractivity (Wildman–Crippen MR) is 108 cm³/mol. The summed E-state index contributed by atoms with van der Waals surface area (Å²) in [6, 6.07) is 10.3. The highest BCUT2D eigenvalue weighted by Gasteiger charge is 2.24. The zero-order chi connectivity index (χ0) is 19.9. The minimum absolute atomic E-state index is 0.0613. The number of aromatic nitrogens is 2. The molecule has 150 valence electrons. The molecule has 0 bridgehead atoms. The number of amides is 1. The summed E-state index contributed by atoms with van der Waals surface area (Å²) in [6.45, 7) is 6.48. The van der Waals surface area contributed by atoms with Gasteiger partial charge in [-0.25, -0.2) is 9.97 Å². The maximum absolute atomic E-state index is 12.3. The predicted octanol–water partition coefficient (Wildman–Crippen LogP) is 3.54. The van der Waals surface area contributed by atoms with Crippen molar-refractivity contribution < 1.29 is 14.3 Å². The van der Waals surface area contributed by atoms with E-state index < -0.39 is 0 Å². The van der Waals surface area contributed by atoms with Crippen molar-refractivity contribution in [2.75, 3.05) is 6.61 Å². The van der Waals surface area contributed by atoms with Crippen molar-refractivity contribution in [2.24, 2.45) is 0 Å². The number of rotatable bonds is 7. The van der Waals surface area contributed by atoms with Crippen molar-refractivity contribution in [3.63, 3.8) is 0 Å². The van der Waals surface area contributed by atoms with E-state index in [0.717, 1.165) is 48.4 Å². The Morgan fingerprint density at radius 3 is 2.32 bits per heavy atom. The number of hydrogen-bond donors (Lipinski definition) is 1. The molecule has 28 heavy (non-hydrogen) atoms. The molecule has 0 unspecified atom stereocenters. The average Bonchev–Trinajstić information content (AvgIpc) is 2.64. The summed E-state index contributed by atoms with van der Waals surface area (Å²) in [7, 11) is 0. The third kappa shape index (κ3) is 5.94. The average molecular weight is 383 g/mol. The first kappa shape index (κ1) is 20.1. The van der Waals surface area contributed by atoms with E-state index in [4.69, 9.17) is 9.47 Å². The molecule has 1 amide bonds. The number of nitrogens with one attached hydrogen (secondary N) is 1. The SMILES string of the molecule is CCOc1ccc(CC(=O)NC2CCC(Oc3nc(C)cc(C)n3)CC2)cc1. The fourth-order valence-corrected chi connectivity index (χ4v) is 3.55. The van der Waals surface area contributed by atoms with Crippen LogP contribution in [0.2, 0.25) is 0 Å². The lowest BCUT2D eigenvalue weighted by molar-refractivity contribution is -0.121. The normalized spacial score (nSPS) is 19.1. The van der Waals surface area contributed by atoms with Crippen LogP contribution in [0, 0.1) is 13.8 Å². The van der Waals surface area contributed by atoms with Crippen molar-refractivity contribution >= 4 is 5.91 Å². The van der Waals surface area contributed by atoms with Crippen LogP contribution >= 0.6 is 0 Å². The first-order valence-electron chi connectivity index (χ1n) is 10.0. The molecule has 1 fully saturated rings. The van der Waals surface area contributed by atoms with Crippen LogP contribution in [-0.2, 0) is 11.2 Å². The number of ether oxygens (including phenoxy) is 2. The van der Waals surface area contributed by atoms with E-state index in [1.165, 1.54) is 0 Å².